The number of nitrogens with zero attached hydrogens (tertiary/aromatic N) is 2. The number of aryl methyl sites for hydroxylation is 1. The Bertz CT molecular complexity index is 1180. The van der Waals surface area contributed by atoms with Gasteiger partial charge >= 0.3 is 0 Å². The highest BCUT2D eigenvalue weighted by Gasteiger charge is 2.46. The van der Waals surface area contributed by atoms with E-state index in [1.54, 1.807) is 13.0 Å². The summed E-state index contributed by atoms with van der Waals surface area (Å²) in [5.74, 6) is -0.811. The van der Waals surface area contributed by atoms with Crippen LogP contribution < -0.4 is 9.25 Å². The van der Waals surface area contributed by atoms with Gasteiger partial charge in [0.25, 0.3) is 0 Å². The Balaban J connectivity index is 1.89. The molecular formula is C31H43F2N3+2. The van der Waals surface area contributed by atoms with Gasteiger partial charge in [-0.1, -0.05) is 45.2 Å². The molecule has 0 radical (unpaired) electrons. The molecule has 0 bridgehead atoms. The number of nitrogens with one attached hydrogen (secondary N) is 1. The number of rotatable bonds is 7. The fourth-order valence-electron chi connectivity index (χ4n) is 6.40. The molecule has 2 heterocycles. The molecule has 36 heavy (non-hydrogen) atoms. The Labute approximate surface area is 215 Å². The second-order valence-electron chi connectivity index (χ2n) is 11.4. The number of pyridine rings is 1. The fraction of sp³-hybridized carbons (Fsp3) is 0.548. The molecule has 3 nitrogen and oxygen atoms in total. The first kappa shape index (κ1) is 26.5. The molecule has 0 aliphatic heterocycles. The minimum atomic E-state index is -1.37. The van der Waals surface area contributed by atoms with Crippen LogP contribution in [0.5, 0.6) is 0 Å². The van der Waals surface area contributed by atoms with Crippen LogP contribution in [-0.2, 0) is 7.05 Å². The normalized spacial score (nSPS) is 25.0. The molecule has 4 unspecified atom stereocenters. The van der Waals surface area contributed by atoms with Crippen molar-refractivity contribution in [2.24, 2.45) is 23.8 Å². The van der Waals surface area contributed by atoms with E-state index >= 15 is 8.78 Å². The summed E-state index contributed by atoms with van der Waals surface area (Å²) >= 11 is 0. The Morgan fingerprint density at radius 2 is 2.00 bits per heavy atom. The molecule has 4 atom stereocenters. The van der Waals surface area contributed by atoms with Crippen LogP contribution in [0.4, 0.5) is 8.78 Å². The highest BCUT2D eigenvalue weighted by molar-refractivity contribution is 5.83. The highest BCUT2D eigenvalue weighted by atomic mass is 19.1. The summed E-state index contributed by atoms with van der Waals surface area (Å²) in [5, 5.41) is 3.24. The monoisotopic (exact) mass is 495 g/mol. The topological polar surface area (TPSA) is 23.5 Å². The molecule has 1 N–H and O–H groups in total. The van der Waals surface area contributed by atoms with Crippen LogP contribution in [0.3, 0.4) is 0 Å². The Hall–Kier alpha value is -2.56. The molecule has 4 rings (SSSR count). The minimum absolute atomic E-state index is 0.257. The number of alkyl halides is 1. The van der Waals surface area contributed by atoms with Gasteiger partial charge in [0.15, 0.2) is 6.20 Å². The molecule has 2 aromatic heterocycles. The van der Waals surface area contributed by atoms with E-state index in [0.29, 0.717) is 17.9 Å². The molecule has 2 aliphatic carbocycles. The summed E-state index contributed by atoms with van der Waals surface area (Å²) in [6.45, 7) is 12.5. The van der Waals surface area contributed by atoms with Gasteiger partial charge in [-0.05, 0) is 67.7 Å². The van der Waals surface area contributed by atoms with Crippen molar-refractivity contribution < 1.29 is 18.0 Å². The van der Waals surface area contributed by atoms with E-state index in [4.69, 9.17) is 0 Å². The van der Waals surface area contributed by atoms with Crippen LogP contribution in [0.1, 0.15) is 90.8 Å². The largest absolute Gasteiger partial charge is 0.242 e. The standard InChI is InChI=1S/C31H42F2N3/c1-8-27(36-17-12-16-34-36)31(6,9-2)24-20-25(32)21(3)29(33)28(24)26-19-23(13-18-35(26)7)22(4)30(5)14-10-11-15-30/h8,12-13,16-22,25H,9-11,14-15H2,1-7H3/q+1/p+1. The maximum atomic E-state index is 16.2. The van der Waals surface area contributed by atoms with Crippen molar-refractivity contribution in [3.05, 3.63) is 71.6 Å². The van der Waals surface area contributed by atoms with E-state index < -0.39 is 17.5 Å². The molecule has 2 aliphatic rings. The highest BCUT2D eigenvalue weighted by Crippen LogP contribution is 2.51. The van der Waals surface area contributed by atoms with E-state index in [2.05, 4.69) is 44.9 Å². The van der Waals surface area contributed by atoms with Crippen molar-refractivity contribution in [1.29, 1.82) is 0 Å². The van der Waals surface area contributed by atoms with Crippen molar-refractivity contribution >= 4 is 11.3 Å². The minimum Gasteiger partial charge on any atom is -0.242 e. The van der Waals surface area contributed by atoms with Crippen LogP contribution in [0.25, 0.3) is 11.3 Å². The molecule has 0 saturated heterocycles. The third kappa shape index (κ3) is 4.39. The van der Waals surface area contributed by atoms with Gasteiger partial charge in [0.2, 0.25) is 17.6 Å². The van der Waals surface area contributed by atoms with Gasteiger partial charge in [0, 0.05) is 24.1 Å². The summed E-state index contributed by atoms with van der Waals surface area (Å²) < 4.78 is 35.5. The van der Waals surface area contributed by atoms with Gasteiger partial charge in [-0.15, -0.1) is 0 Å². The first-order valence-corrected chi connectivity index (χ1v) is 13.6. The zero-order valence-electron chi connectivity index (χ0n) is 23.0. The molecule has 1 fully saturated rings. The van der Waals surface area contributed by atoms with Crippen molar-refractivity contribution in [2.75, 3.05) is 0 Å². The van der Waals surface area contributed by atoms with E-state index in [-0.39, 0.29) is 11.2 Å². The number of hydrogen-bond donors (Lipinski definition) is 1. The average molecular weight is 496 g/mol. The molecule has 5 heteroatoms. The van der Waals surface area contributed by atoms with Crippen molar-refractivity contribution in [3.8, 4) is 0 Å². The molecular weight excluding hydrogens is 452 g/mol. The molecule has 0 aromatic carbocycles. The van der Waals surface area contributed by atoms with E-state index in [1.807, 2.05) is 54.0 Å². The lowest BCUT2D eigenvalue weighted by Crippen LogP contribution is -2.44. The summed E-state index contributed by atoms with van der Waals surface area (Å²) in [7, 11) is 1.96. The van der Waals surface area contributed by atoms with Crippen molar-refractivity contribution in [1.82, 2.24) is 5.10 Å². The fourth-order valence-corrected chi connectivity index (χ4v) is 6.40. The zero-order chi connectivity index (χ0) is 26.3. The lowest BCUT2D eigenvalue weighted by Gasteiger charge is -2.35. The first-order valence-electron chi connectivity index (χ1n) is 13.6. The third-order valence-electron chi connectivity index (χ3n) is 9.38. The molecule has 2 aromatic rings. The Morgan fingerprint density at radius 1 is 1.31 bits per heavy atom. The number of aromatic amines is 1. The second kappa shape index (κ2) is 10.1. The van der Waals surface area contributed by atoms with Gasteiger partial charge < -0.3 is 0 Å². The summed E-state index contributed by atoms with van der Waals surface area (Å²) in [6.07, 6.45) is 13.9. The van der Waals surface area contributed by atoms with Gasteiger partial charge in [-0.2, -0.15) is 5.10 Å². The van der Waals surface area contributed by atoms with Crippen LogP contribution in [0.2, 0.25) is 0 Å². The van der Waals surface area contributed by atoms with Gasteiger partial charge in [0.1, 0.15) is 19.0 Å². The van der Waals surface area contributed by atoms with E-state index in [1.165, 1.54) is 31.2 Å². The SMILES string of the molecule is CC=C([n+]1ccc[nH]1)C(C)(CC)C1=CC(F)C(C)C(F)=C1c1cc(C(C)C2(C)CCCC2)cc[n+]1C. The molecule has 194 valence electrons. The Morgan fingerprint density at radius 3 is 2.58 bits per heavy atom. The summed E-state index contributed by atoms with van der Waals surface area (Å²) in [4.78, 5) is 0. The lowest BCUT2D eigenvalue weighted by atomic mass is 9.68. The average Bonchev–Trinajstić information content (AvgIpc) is 3.56. The quantitative estimate of drug-likeness (QED) is 0.387. The number of allylic oxidation sites excluding steroid dienone is 6. The summed E-state index contributed by atoms with van der Waals surface area (Å²) in [5.41, 5.74) is 3.93. The predicted molar refractivity (Wildman–Crippen MR) is 142 cm³/mol. The molecule has 1 saturated carbocycles. The third-order valence-corrected chi connectivity index (χ3v) is 9.38. The van der Waals surface area contributed by atoms with Crippen LogP contribution in [-0.4, -0.2) is 11.3 Å². The number of aromatic nitrogens is 3. The zero-order valence-corrected chi connectivity index (χ0v) is 23.0. The van der Waals surface area contributed by atoms with Gasteiger partial charge in [-0.3, -0.25) is 0 Å². The summed E-state index contributed by atoms with van der Waals surface area (Å²) in [6, 6.07) is 6.27. The van der Waals surface area contributed by atoms with Gasteiger partial charge in [-0.25, -0.2) is 13.3 Å². The van der Waals surface area contributed by atoms with Crippen LogP contribution in [0, 0.1) is 16.7 Å². The van der Waals surface area contributed by atoms with E-state index in [9.17, 15) is 0 Å². The lowest BCUT2D eigenvalue weighted by molar-refractivity contribution is -0.673. The van der Waals surface area contributed by atoms with Crippen molar-refractivity contribution in [2.45, 2.75) is 85.7 Å². The smallest absolute Gasteiger partial charge is 0.218 e. The van der Waals surface area contributed by atoms with E-state index in [0.717, 1.165) is 17.0 Å². The maximum absolute atomic E-state index is 16.2. The Kier molecular flexibility index (Phi) is 7.41. The number of halogens is 2. The maximum Gasteiger partial charge on any atom is 0.218 e. The molecule has 0 spiro atoms. The number of hydrogen-bond acceptors (Lipinski definition) is 0. The van der Waals surface area contributed by atoms with Crippen LogP contribution >= 0.6 is 0 Å². The number of H-pyrrole nitrogens is 1. The second-order valence-corrected chi connectivity index (χ2v) is 11.4. The molecule has 0 amide bonds. The first-order chi connectivity index (χ1) is 17.1. The predicted octanol–water partition coefficient (Wildman–Crippen LogP) is 7.38. The van der Waals surface area contributed by atoms with Crippen molar-refractivity contribution in [3.63, 3.8) is 0 Å². The van der Waals surface area contributed by atoms with Gasteiger partial charge in [0.05, 0.1) is 17.2 Å². The van der Waals surface area contributed by atoms with Crippen LogP contribution in [0.15, 0.2) is 60.3 Å².